The summed E-state index contributed by atoms with van der Waals surface area (Å²) in [5.74, 6) is -0.754. The van der Waals surface area contributed by atoms with E-state index in [4.69, 9.17) is 9.47 Å². The molecular formula is C24H20N2O4S. The second-order valence-electron chi connectivity index (χ2n) is 7.92. The second-order valence-corrected chi connectivity index (χ2v) is 9.81. The quantitative estimate of drug-likeness (QED) is 0.621. The van der Waals surface area contributed by atoms with Crippen LogP contribution in [0.4, 0.5) is 0 Å². The highest BCUT2D eigenvalue weighted by atomic mass is 32.2. The molecule has 6 nitrogen and oxygen atoms in total. The van der Waals surface area contributed by atoms with Crippen molar-refractivity contribution in [3.05, 3.63) is 94.5 Å². The van der Waals surface area contributed by atoms with E-state index in [2.05, 4.69) is 6.07 Å². The minimum absolute atomic E-state index is 0.0313. The van der Waals surface area contributed by atoms with Crippen LogP contribution in [0, 0.1) is 25.2 Å². The SMILES string of the molecule is Cc1ccc(S(=O)(=O)N2C[C@]3(c4cccc(C#N)c4)Oc4cc(C)ccc4[C@H]2O3)cc1. The van der Waals surface area contributed by atoms with E-state index in [1.807, 2.05) is 32.0 Å². The third-order valence-corrected chi connectivity index (χ3v) is 7.50. The number of fused-ring (bicyclic) bond motifs is 4. The Morgan fingerprint density at radius 1 is 1.03 bits per heavy atom. The molecule has 5 rings (SSSR count). The Morgan fingerprint density at radius 3 is 2.52 bits per heavy atom. The number of benzene rings is 3. The van der Waals surface area contributed by atoms with Gasteiger partial charge in [0.05, 0.1) is 23.1 Å². The van der Waals surface area contributed by atoms with E-state index >= 15 is 0 Å². The van der Waals surface area contributed by atoms with Gasteiger partial charge in [0.2, 0.25) is 10.0 Å². The monoisotopic (exact) mass is 432 g/mol. The molecule has 1 fully saturated rings. The summed E-state index contributed by atoms with van der Waals surface area (Å²) in [7, 11) is -3.86. The van der Waals surface area contributed by atoms with Crippen molar-refractivity contribution in [3.63, 3.8) is 0 Å². The van der Waals surface area contributed by atoms with Gasteiger partial charge in [0, 0.05) is 11.1 Å². The summed E-state index contributed by atoms with van der Waals surface area (Å²) in [6.07, 6.45) is -0.832. The first-order valence-corrected chi connectivity index (χ1v) is 11.3. The maximum atomic E-state index is 13.6. The first kappa shape index (κ1) is 19.8. The molecule has 2 aliphatic heterocycles. The Morgan fingerprint density at radius 2 is 1.77 bits per heavy atom. The predicted molar refractivity (Wildman–Crippen MR) is 114 cm³/mol. The highest BCUT2D eigenvalue weighted by molar-refractivity contribution is 7.89. The minimum Gasteiger partial charge on any atom is -0.456 e. The van der Waals surface area contributed by atoms with Crippen LogP contribution >= 0.6 is 0 Å². The molecule has 0 aromatic heterocycles. The van der Waals surface area contributed by atoms with Crippen LogP contribution in [0.5, 0.6) is 5.75 Å². The number of ether oxygens (including phenoxy) is 2. The lowest BCUT2D eigenvalue weighted by Crippen LogP contribution is -2.39. The third-order valence-electron chi connectivity index (χ3n) is 5.70. The molecule has 2 heterocycles. The second kappa shape index (κ2) is 6.92. The zero-order valence-corrected chi connectivity index (χ0v) is 17.9. The summed E-state index contributed by atoms with van der Waals surface area (Å²) in [5.41, 5.74) is 3.68. The highest BCUT2D eigenvalue weighted by Crippen LogP contribution is 2.52. The molecule has 0 saturated carbocycles. The van der Waals surface area contributed by atoms with E-state index in [9.17, 15) is 13.7 Å². The number of sulfonamides is 1. The maximum Gasteiger partial charge on any atom is 0.253 e. The summed E-state index contributed by atoms with van der Waals surface area (Å²) in [4.78, 5) is 0.198. The molecule has 2 aliphatic rings. The molecule has 0 radical (unpaired) electrons. The number of aryl methyl sites for hydroxylation is 2. The average Bonchev–Trinajstić information content (AvgIpc) is 3.09. The standard InChI is InChI=1S/C24H20N2O4S/c1-16-6-9-20(10-7-16)31(27,28)26-15-24(19-5-3-4-18(13-19)14-25)29-22-12-17(2)8-11-21(22)23(26)30-24/h3-13,23H,15H2,1-2H3/t23-,24+/m1/s1. The fourth-order valence-electron chi connectivity index (χ4n) is 4.05. The third kappa shape index (κ3) is 3.12. The van der Waals surface area contributed by atoms with Crippen LogP contribution < -0.4 is 4.74 Å². The Bertz CT molecular complexity index is 1330. The Balaban J connectivity index is 1.67. The Kier molecular flexibility index (Phi) is 4.41. The minimum atomic E-state index is -3.86. The lowest BCUT2D eigenvalue weighted by molar-refractivity contribution is -0.194. The largest absolute Gasteiger partial charge is 0.456 e. The molecule has 0 spiro atoms. The number of nitriles is 1. The van der Waals surface area contributed by atoms with Gasteiger partial charge in [0.25, 0.3) is 5.79 Å². The normalized spacial score (nSPS) is 22.4. The van der Waals surface area contributed by atoms with Crippen molar-refractivity contribution in [3.8, 4) is 11.8 Å². The first-order chi connectivity index (χ1) is 14.8. The van der Waals surface area contributed by atoms with Crippen LogP contribution in [0.3, 0.4) is 0 Å². The van der Waals surface area contributed by atoms with Crippen molar-refractivity contribution in [1.82, 2.24) is 4.31 Å². The average molecular weight is 433 g/mol. The van der Waals surface area contributed by atoms with Crippen LogP contribution in [0.2, 0.25) is 0 Å². The molecule has 3 aromatic carbocycles. The Labute approximate surface area is 181 Å². The van der Waals surface area contributed by atoms with Crippen LogP contribution in [-0.4, -0.2) is 19.3 Å². The molecule has 0 aliphatic carbocycles. The van der Waals surface area contributed by atoms with Crippen molar-refractivity contribution >= 4 is 10.0 Å². The van der Waals surface area contributed by atoms with Gasteiger partial charge < -0.3 is 9.47 Å². The fourth-order valence-corrected chi connectivity index (χ4v) is 5.55. The molecule has 0 N–H and O–H groups in total. The summed E-state index contributed by atoms with van der Waals surface area (Å²) >= 11 is 0. The van der Waals surface area contributed by atoms with Crippen molar-refractivity contribution in [2.24, 2.45) is 0 Å². The van der Waals surface area contributed by atoms with Gasteiger partial charge in [-0.1, -0.05) is 42.0 Å². The number of nitrogens with zero attached hydrogens (tertiary/aromatic N) is 2. The summed E-state index contributed by atoms with van der Waals surface area (Å²) in [5, 5.41) is 9.34. The van der Waals surface area contributed by atoms with E-state index in [0.29, 0.717) is 22.4 Å². The molecule has 31 heavy (non-hydrogen) atoms. The topological polar surface area (TPSA) is 79.6 Å². The summed E-state index contributed by atoms with van der Waals surface area (Å²) in [6.45, 7) is 3.83. The van der Waals surface area contributed by atoms with Crippen molar-refractivity contribution in [2.45, 2.75) is 30.8 Å². The van der Waals surface area contributed by atoms with Crippen LogP contribution in [0.1, 0.15) is 34.0 Å². The zero-order valence-electron chi connectivity index (χ0n) is 17.1. The molecule has 1 saturated heterocycles. The summed E-state index contributed by atoms with van der Waals surface area (Å²) < 4.78 is 41.2. The summed E-state index contributed by atoms with van der Waals surface area (Å²) in [6, 6.07) is 21.4. The molecule has 156 valence electrons. The lowest BCUT2D eigenvalue weighted by atomic mass is 10.0. The van der Waals surface area contributed by atoms with Gasteiger partial charge in [0.1, 0.15) is 5.75 Å². The molecule has 2 atom stereocenters. The van der Waals surface area contributed by atoms with Crippen LogP contribution in [0.15, 0.2) is 71.6 Å². The molecule has 0 unspecified atom stereocenters. The molecular weight excluding hydrogens is 412 g/mol. The van der Waals surface area contributed by atoms with Gasteiger partial charge in [-0.15, -0.1) is 0 Å². The molecule has 2 bridgehead atoms. The molecule has 7 heteroatoms. The first-order valence-electron chi connectivity index (χ1n) is 9.89. The Hall–Kier alpha value is -3.18. The zero-order chi connectivity index (χ0) is 21.8. The number of rotatable bonds is 3. The lowest BCUT2D eigenvalue weighted by Gasteiger charge is -2.34. The van der Waals surface area contributed by atoms with Gasteiger partial charge in [0.15, 0.2) is 6.23 Å². The van der Waals surface area contributed by atoms with Gasteiger partial charge in [-0.05, 0) is 49.7 Å². The van der Waals surface area contributed by atoms with Crippen molar-refractivity contribution in [1.29, 1.82) is 5.26 Å². The van der Waals surface area contributed by atoms with E-state index in [1.165, 1.54) is 4.31 Å². The smallest absolute Gasteiger partial charge is 0.253 e. The van der Waals surface area contributed by atoms with Gasteiger partial charge in [-0.25, -0.2) is 8.42 Å². The molecule has 3 aromatic rings. The van der Waals surface area contributed by atoms with Gasteiger partial charge in [-0.3, -0.25) is 0 Å². The fraction of sp³-hybridized carbons (Fsp3) is 0.208. The number of hydrogen-bond donors (Lipinski definition) is 0. The van der Waals surface area contributed by atoms with Gasteiger partial charge in [-0.2, -0.15) is 9.57 Å². The van der Waals surface area contributed by atoms with Crippen molar-refractivity contribution < 1.29 is 17.9 Å². The van der Waals surface area contributed by atoms with Crippen LogP contribution in [0.25, 0.3) is 0 Å². The van der Waals surface area contributed by atoms with E-state index in [-0.39, 0.29) is 11.4 Å². The van der Waals surface area contributed by atoms with Gasteiger partial charge >= 0.3 is 0 Å². The maximum absolute atomic E-state index is 13.6. The predicted octanol–water partition coefficient (Wildman–Crippen LogP) is 4.14. The molecule has 0 amide bonds. The van der Waals surface area contributed by atoms with E-state index in [0.717, 1.165) is 11.1 Å². The highest BCUT2D eigenvalue weighted by Gasteiger charge is 2.57. The van der Waals surface area contributed by atoms with E-state index in [1.54, 1.807) is 48.5 Å². The van der Waals surface area contributed by atoms with Crippen LogP contribution in [-0.2, 0) is 20.5 Å². The number of hydrogen-bond acceptors (Lipinski definition) is 5. The van der Waals surface area contributed by atoms with Crippen molar-refractivity contribution in [2.75, 3.05) is 6.54 Å². The van der Waals surface area contributed by atoms with E-state index < -0.39 is 22.0 Å².